The molecule has 1 heterocycles. The average molecular weight is 334 g/mol. The second-order valence-corrected chi connectivity index (χ2v) is 6.50. The lowest BCUT2D eigenvalue weighted by atomic mass is 10.2. The van der Waals surface area contributed by atoms with Crippen molar-refractivity contribution < 1.29 is 9.18 Å². The minimum Gasteiger partial charge on any atom is -0.337 e. The van der Waals surface area contributed by atoms with Crippen molar-refractivity contribution in [1.29, 1.82) is 0 Å². The Labute approximate surface area is 136 Å². The summed E-state index contributed by atoms with van der Waals surface area (Å²) in [4.78, 5) is 14.6. The number of hydrogen-bond donors (Lipinski definition) is 0. The number of nitrogens with zero attached hydrogens (tertiary/aromatic N) is 1. The van der Waals surface area contributed by atoms with E-state index in [2.05, 4.69) is 0 Å². The third kappa shape index (κ3) is 2.85. The van der Waals surface area contributed by atoms with Crippen LogP contribution < -0.4 is 0 Å². The maximum Gasteiger partial charge on any atom is 0.264 e. The molecule has 0 fully saturated rings. The molecule has 3 rings (SSSR count). The SMILES string of the molecule is CN(Cc1c(F)cccc1Cl)C(=O)c1cc2ccccc2s1. The van der Waals surface area contributed by atoms with Crippen LogP contribution in [0.25, 0.3) is 10.1 Å². The van der Waals surface area contributed by atoms with Crippen molar-refractivity contribution in [2.45, 2.75) is 6.54 Å². The van der Waals surface area contributed by atoms with E-state index in [1.807, 2.05) is 30.3 Å². The number of hydrogen-bond acceptors (Lipinski definition) is 2. The van der Waals surface area contributed by atoms with Gasteiger partial charge in [0.1, 0.15) is 5.82 Å². The van der Waals surface area contributed by atoms with Crippen molar-refractivity contribution >= 4 is 38.9 Å². The summed E-state index contributed by atoms with van der Waals surface area (Å²) in [5.74, 6) is -0.538. The third-order valence-electron chi connectivity index (χ3n) is 3.44. The molecule has 1 aromatic heterocycles. The Morgan fingerprint density at radius 2 is 2.00 bits per heavy atom. The molecular formula is C17H13ClFNOS. The first-order chi connectivity index (χ1) is 10.6. The van der Waals surface area contributed by atoms with Gasteiger partial charge in [0.25, 0.3) is 5.91 Å². The number of thiophene rings is 1. The minimum atomic E-state index is -0.400. The average Bonchev–Trinajstić information content (AvgIpc) is 2.94. The molecule has 0 bridgehead atoms. The normalized spacial score (nSPS) is 10.9. The molecule has 0 saturated carbocycles. The number of amides is 1. The third-order valence-corrected chi connectivity index (χ3v) is 4.90. The Kier molecular flexibility index (Phi) is 4.14. The summed E-state index contributed by atoms with van der Waals surface area (Å²) < 4.78 is 14.9. The number of carbonyl (C=O) groups excluding carboxylic acids is 1. The topological polar surface area (TPSA) is 20.3 Å². The van der Waals surface area contributed by atoms with Crippen molar-refractivity contribution in [3.05, 3.63) is 69.8 Å². The van der Waals surface area contributed by atoms with Crippen LogP contribution in [0.2, 0.25) is 5.02 Å². The standard InChI is InChI=1S/C17H13ClFNOS/c1-20(10-12-13(18)6-4-7-14(12)19)17(21)16-9-11-5-2-3-8-15(11)22-16/h2-9H,10H2,1H3. The van der Waals surface area contributed by atoms with Crippen molar-refractivity contribution in [2.75, 3.05) is 7.05 Å². The van der Waals surface area contributed by atoms with Crippen LogP contribution in [-0.4, -0.2) is 17.9 Å². The van der Waals surface area contributed by atoms with Crippen molar-refractivity contribution in [3.63, 3.8) is 0 Å². The lowest BCUT2D eigenvalue weighted by Gasteiger charge is -2.17. The molecule has 2 nitrogen and oxygen atoms in total. The van der Waals surface area contributed by atoms with Gasteiger partial charge in [0.15, 0.2) is 0 Å². The van der Waals surface area contributed by atoms with Crippen LogP contribution in [0.3, 0.4) is 0 Å². The van der Waals surface area contributed by atoms with E-state index in [0.717, 1.165) is 10.1 Å². The highest BCUT2D eigenvalue weighted by molar-refractivity contribution is 7.20. The number of benzene rings is 2. The molecule has 22 heavy (non-hydrogen) atoms. The van der Waals surface area contributed by atoms with Gasteiger partial charge in [-0.2, -0.15) is 0 Å². The summed E-state index contributed by atoms with van der Waals surface area (Å²) in [6, 6.07) is 14.2. The molecule has 0 atom stereocenters. The summed E-state index contributed by atoms with van der Waals surface area (Å²) in [5, 5.41) is 1.36. The van der Waals surface area contributed by atoms with Gasteiger partial charge >= 0.3 is 0 Å². The summed E-state index contributed by atoms with van der Waals surface area (Å²) >= 11 is 7.45. The van der Waals surface area contributed by atoms with Crippen molar-refractivity contribution in [2.24, 2.45) is 0 Å². The van der Waals surface area contributed by atoms with Crippen molar-refractivity contribution in [1.82, 2.24) is 4.90 Å². The minimum absolute atomic E-state index is 0.137. The molecular weight excluding hydrogens is 321 g/mol. The van der Waals surface area contributed by atoms with Gasteiger partial charge in [-0.05, 0) is 29.7 Å². The van der Waals surface area contributed by atoms with Crippen LogP contribution >= 0.6 is 22.9 Å². The van der Waals surface area contributed by atoms with Gasteiger partial charge in [-0.3, -0.25) is 4.79 Å². The highest BCUT2D eigenvalue weighted by atomic mass is 35.5. The molecule has 0 unspecified atom stereocenters. The zero-order chi connectivity index (χ0) is 15.7. The molecule has 0 N–H and O–H groups in total. The Morgan fingerprint density at radius 3 is 2.73 bits per heavy atom. The zero-order valence-electron chi connectivity index (χ0n) is 11.8. The molecule has 0 radical (unpaired) electrons. The molecule has 5 heteroatoms. The van der Waals surface area contributed by atoms with Gasteiger partial charge in [-0.1, -0.05) is 35.9 Å². The van der Waals surface area contributed by atoms with Gasteiger partial charge < -0.3 is 4.90 Å². The molecule has 0 aliphatic carbocycles. The van der Waals surface area contributed by atoms with Crippen LogP contribution in [0.4, 0.5) is 4.39 Å². The first-order valence-electron chi connectivity index (χ1n) is 6.73. The Morgan fingerprint density at radius 1 is 1.23 bits per heavy atom. The second-order valence-electron chi connectivity index (χ2n) is 5.01. The fourth-order valence-electron chi connectivity index (χ4n) is 2.27. The summed E-state index contributed by atoms with van der Waals surface area (Å²) in [5.41, 5.74) is 0.334. The van der Waals surface area contributed by atoms with Gasteiger partial charge in [0.2, 0.25) is 0 Å². The summed E-state index contributed by atoms with van der Waals surface area (Å²) in [6.07, 6.45) is 0. The smallest absolute Gasteiger partial charge is 0.264 e. The van der Waals surface area contributed by atoms with Crippen LogP contribution in [0.5, 0.6) is 0 Å². The van der Waals surface area contributed by atoms with Crippen LogP contribution in [0, 0.1) is 5.82 Å². The largest absolute Gasteiger partial charge is 0.337 e. The van der Waals surface area contributed by atoms with Crippen LogP contribution in [-0.2, 0) is 6.54 Å². The number of carbonyl (C=O) groups is 1. The number of rotatable bonds is 3. The quantitative estimate of drug-likeness (QED) is 0.663. The van der Waals surface area contributed by atoms with E-state index < -0.39 is 5.82 Å². The van der Waals surface area contributed by atoms with E-state index in [9.17, 15) is 9.18 Å². The number of halogens is 2. The molecule has 0 aliphatic heterocycles. The van der Waals surface area contributed by atoms with Crippen molar-refractivity contribution in [3.8, 4) is 0 Å². The molecule has 112 valence electrons. The van der Waals surface area contributed by atoms with Gasteiger partial charge in [-0.25, -0.2) is 4.39 Å². The highest BCUT2D eigenvalue weighted by Crippen LogP contribution is 2.27. The van der Waals surface area contributed by atoms with Crippen LogP contribution in [0.15, 0.2) is 48.5 Å². The van der Waals surface area contributed by atoms with E-state index in [1.165, 1.54) is 22.3 Å². The molecule has 1 amide bonds. The molecule has 0 aliphatic rings. The zero-order valence-corrected chi connectivity index (χ0v) is 13.4. The fourth-order valence-corrected chi connectivity index (χ4v) is 3.55. The fraction of sp³-hybridized carbons (Fsp3) is 0.118. The molecule has 3 aromatic rings. The Balaban J connectivity index is 1.85. The predicted molar refractivity (Wildman–Crippen MR) is 89.0 cm³/mol. The van der Waals surface area contributed by atoms with Gasteiger partial charge in [-0.15, -0.1) is 11.3 Å². The monoisotopic (exact) mass is 333 g/mol. The summed E-state index contributed by atoms with van der Waals surface area (Å²) in [7, 11) is 1.65. The maximum atomic E-state index is 13.8. The van der Waals surface area contributed by atoms with E-state index in [0.29, 0.717) is 15.5 Å². The molecule has 0 saturated heterocycles. The Hall–Kier alpha value is -1.91. The highest BCUT2D eigenvalue weighted by Gasteiger charge is 2.17. The Bertz CT molecular complexity index is 792. The van der Waals surface area contributed by atoms with E-state index in [4.69, 9.17) is 11.6 Å². The predicted octanol–water partition coefficient (Wildman–Crippen LogP) is 4.97. The summed E-state index contributed by atoms with van der Waals surface area (Å²) in [6.45, 7) is 0.137. The number of fused-ring (bicyclic) bond motifs is 1. The lowest BCUT2D eigenvalue weighted by Crippen LogP contribution is -2.26. The second kappa shape index (κ2) is 6.07. The molecule has 2 aromatic carbocycles. The van der Waals surface area contributed by atoms with E-state index >= 15 is 0 Å². The van der Waals surface area contributed by atoms with Gasteiger partial charge in [0, 0.05) is 22.3 Å². The molecule has 0 spiro atoms. The lowest BCUT2D eigenvalue weighted by molar-refractivity contribution is 0.0789. The van der Waals surface area contributed by atoms with E-state index in [1.54, 1.807) is 19.2 Å². The van der Waals surface area contributed by atoms with Gasteiger partial charge in [0.05, 0.1) is 11.4 Å². The maximum absolute atomic E-state index is 13.8. The first-order valence-corrected chi connectivity index (χ1v) is 7.92. The van der Waals surface area contributed by atoms with Crippen LogP contribution in [0.1, 0.15) is 15.2 Å². The first kappa shape index (κ1) is 15.0. The van der Waals surface area contributed by atoms with E-state index in [-0.39, 0.29) is 12.5 Å².